The van der Waals surface area contributed by atoms with Crippen molar-refractivity contribution >= 4 is 18.0 Å². The Bertz CT molecular complexity index is 705. The van der Waals surface area contributed by atoms with Gasteiger partial charge in [-0.25, -0.2) is 13.6 Å². The van der Waals surface area contributed by atoms with E-state index in [9.17, 15) is 23.2 Å². The minimum absolute atomic E-state index is 0.0862. The lowest BCUT2D eigenvalue weighted by Crippen LogP contribution is -2.46. The zero-order chi connectivity index (χ0) is 20.0. The molecule has 1 heterocycles. The number of aliphatic carboxylic acids is 1. The van der Waals surface area contributed by atoms with Gasteiger partial charge in [0.15, 0.2) is 0 Å². The van der Waals surface area contributed by atoms with Crippen LogP contribution in [0.15, 0.2) is 18.2 Å². The van der Waals surface area contributed by atoms with Crippen molar-refractivity contribution in [3.63, 3.8) is 0 Å². The molecule has 0 spiro atoms. The van der Waals surface area contributed by atoms with Crippen molar-refractivity contribution in [2.45, 2.75) is 32.2 Å². The molecule has 27 heavy (non-hydrogen) atoms. The molecule has 1 aliphatic heterocycles. The van der Waals surface area contributed by atoms with Gasteiger partial charge < -0.3 is 20.1 Å². The normalized spacial score (nSPS) is 15.9. The molecule has 1 aromatic rings. The summed E-state index contributed by atoms with van der Waals surface area (Å²) in [5, 5.41) is 11.6. The number of ether oxygens (including phenoxy) is 1. The molecule has 0 bridgehead atoms. The van der Waals surface area contributed by atoms with Gasteiger partial charge in [-0.3, -0.25) is 9.59 Å². The topological polar surface area (TPSA) is 95.9 Å². The number of esters is 1. The molecule has 0 aromatic heterocycles. The van der Waals surface area contributed by atoms with E-state index in [1.165, 1.54) is 11.8 Å². The standard InChI is InChI=1S/C18H22F2N2O5/c1-11(23)27-10-12-4-6-22(7-5-12)18(26)21-16(9-17(24)25)14-3-2-13(19)8-15(14)20/h2-3,8,12,16H,4-7,9-10H2,1H3,(H,21,26)(H,24,25)/t16-/m1/s1. The Morgan fingerprint density at radius 3 is 2.52 bits per heavy atom. The quantitative estimate of drug-likeness (QED) is 0.735. The van der Waals surface area contributed by atoms with Gasteiger partial charge >= 0.3 is 18.0 Å². The number of nitrogens with zero attached hydrogens (tertiary/aromatic N) is 1. The van der Waals surface area contributed by atoms with E-state index in [4.69, 9.17) is 9.84 Å². The second kappa shape index (κ2) is 9.29. The molecule has 1 aromatic carbocycles. The number of amides is 2. The summed E-state index contributed by atoms with van der Waals surface area (Å²) in [7, 11) is 0. The molecule has 1 saturated heterocycles. The molecule has 1 fully saturated rings. The minimum atomic E-state index is -1.22. The second-order valence-electron chi connectivity index (χ2n) is 6.50. The van der Waals surface area contributed by atoms with Gasteiger partial charge in [-0.1, -0.05) is 6.07 Å². The van der Waals surface area contributed by atoms with Crippen LogP contribution in [0.25, 0.3) is 0 Å². The average molecular weight is 384 g/mol. The van der Waals surface area contributed by atoms with Gasteiger partial charge in [-0.15, -0.1) is 0 Å². The van der Waals surface area contributed by atoms with Crippen molar-refractivity contribution in [3.05, 3.63) is 35.4 Å². The average Bonchev–Trinajstić information content (AvgIpc) is 2.59. The summed E-state index contributed by atoms with van der Waals surface area (Å²) in [5.41, 5.74) is -0.0862. The number of piperidine rings is 1. The summed E-state index contributed by atoms with van der Waals surface area (Å²) in [4.78, 5) is 35.9. The fourth-order valence-electron chi connectivity index (χ4n) is 2.98. The second-order valence-corrected chi connectivity index (χ2v) is 6.50. The van der Waals surface area contributed by atoms with Crippen LogP contribution in [0, 0.1) is 17.6 Å². The number of benzene rings is 1. The third kappa shape index (κ3) is 6.19. The zero-order valence-electron chi connectivity index (χ0n) is 14.9. The van der Waals surface area contributed by atoms with E-state index in [1.54, 1.807) is 0 Å². The number of nitrogens with one attached hydrogen (secondary N) is 1. The predicted octanol–water partition coefficient (Wildman–Crippen LogP) is 2.47. The smallest absolute Gasteiger partial charge is 0.317 e. The predicted molar refractivity (Wildman–Crippen MR) is 90.8 cm³/mol. The van der Waals surface area contributed by atoms with Crippen LogP contribution in [-0.2, 0) is 14.3 Å². The molecule has 0 aliphatic carbocycles. The first-order valence-corrected chi connectivity index (χ1v) is 8.61. The van der Waals surface area contributed by atoms with Crippen molar-refractivity contribution in [1.82, 2.24) is 10.2 Å². The van der Waals surface area contributed by atoms with E-state index in [1.807, 2.05) is 0 Å². The van der Waals surface area contributed by atoms with Gasteiger partial charge in [0.1, 0.15) is 11.6 Å². The van der Waals surface area contributed by atoms with Crippen LogP contribution in [0.2, 0.25) is 0 Å². The Hall–Kier alpha value is -2.71. The van der Waals surface area contributed by atoms with Crippen LogP contribution in [-0.4, -0.2) is 47.7 Å². The molecule has 2 amide bonds. The summed E-state index contributed by atoms with van der Waals surface area (Å²) < 4.78 is 32.1. The molecule has 0 radical (unpaired) electrons. The Morgan fingerprint density at radius 2 is 1.96 bits per heavy atom. The summed E-state index contributed by atoms with van der Waals surface area (Å²) in [6.07, 6.45) is 0.738. The fraction of sp³-hybridized carbons (Fsp3) is 0.500. The van der Waals surface area contributed by atoms with Crippen molar-refractivity contribution < 1.29 is 33.0 Å². The lowest BCUT2D eigenvalue weighted by molar-refractivity contribution is -0.142. The van der Waals surface area contributed by atoms with E-state index in [-0.39, 0.29) is 17.5 Å². The maximum absolute atomic E-state index is 14.0. The van der Waals surface area contributed by atoms with Crippen molar-refractivity contribution in [1.29, 1.82) is 0 Å². The first kappa shape index (κ1) is 20.6. The number of rotatable bonds is 6. The number of hydrogen-bond acceptors (Lipinski definition) is 4. The van der Waals surface area contributed by atoms with Gasteiger partial charge in [0.25, 0.3) is 0 Å². The third-order valence-electron chi connectivity index (χ3n) is 4.44. The van der Waals surface area contributed by atoms with Crippen molar-refractivity contribution in [2.75, 3.05) is 19.7 Å². The van der Waals surface area contributed by atoms with E-state index < -0.39 is 36.1 Å². The van der Waals surface area contributed by atoms with Gasteiger partial charge in [0.05, 0.1) is 19.1 Å². The Morgan fingerprint density at radius 1 is 1.30 bits per heavy atom. The Balaban J connectivity index is 1.98. The molecule has 1 aliphatic rings. The van der Waals surface area contributed by atoms with E-state index >= 15 is 0 Å². The highest BCUT2D eigenvalue weighted by atomic mass is 19.1. The molecule has 2 N–H and O–H groups in total. The highest BCUT2D eigenvalue weighted by molar-refractivity contribution is 5.76. The molecule has 0 unspecified atom stereocenters. The van der Waals surface area contributed by atoms with Crippen molar-refractivity contribution in [2.24, 2.45) is 5.92 Å². The number of likely N-dealkylation sites (tertiary alicyclic amines) is 1. The molecule has 1 atom stereocenters. The van der Waals surface area contributed by atoms with E-state index in [2.05, 4.69) is 5.32 Å². The number of carbonyl (C=O) groups is 3. The summed E-state index contributed by atoms with van der Waals surface area (Å²) in [5.74, 6) is -3.12. The first-order chi connectivity index (χ1) is 12.8. The maximum atomic E-state index is 14.0. The first-order valence-electron chi connectivity index (χ1n) is 8.61. The van der Waals surface area contributed by atoms with E-state index in [0.29, 0.717) is 38.6 Å². The SMILES string of the molecule is CC(=O)OCC1CCN(C(=O)N[C@H](CC(=O)O)c2ccc(F)cc2F)CC1. The van der Waals surface area contributed by atoms with Gasteiger partial charge in [0, 0.05) is 31.6 Å². The van der Waals surface area contributed by atoms with Crippen LogP contribution in [0.3, 0.4) is 0 Å². The zero-order valence-corrected chi connectivity index (χ0v) is 14.9. The lowest BCUT2D eigenvalue weighted by atomic mass is 9.98. The number of carboxylic acid groups (broad SMARTS) is 1. The minimum Gasteiger partial charge on any atom is -0.481 e. The molecular formula is C18H22F2N2O5. The monoisotopic (exact) mass is 384 g/mol. The highest BCUT2D eigenvalue weighted by Gasteiger charge is 2.27. The molecule has 2 rings (SSSR count). The lowest BCUT2D eigenvalue weighted by Gasteiger charge is -2.33. The highest BCUT2D eigenvalue weighted by Crippen LogP contribution is 2.23. The molecule has 9 heteroatoms. The van der Waals surface area contributed by atoms with Crippen LogP contribution < -0.4 is 5.32 Å². The number of hydrogen-bond donors (Lipinski definition) is 2. The summed E-state index contributed by atoms with van der Waals surface area (Å²) in [6.45, 7) is 2.44. The third-order valence-corrected chi connectivity index (χ3v) is 4.44. The summed E-state index contributed by atoms with van der Waals surface area (Å²) >= 11 is 0. The van der Waals surface area contributed by atoms with Crippen LogP contribution in [0.5, 0.6) is 0 Å². The molecule has 148 valence electrons. The largest absolute Gasteiger partial charge is 0.481 e. The Labute approximate surface area is 155 Å². The maximum Gasteiger partial charge on any atom is 0.317 e. The van der Waals surface area contributed by atoms with E-state index in [0.717, 1.165) is 12.1 Å². The van der Waals surface area contributed by atoms with Gasteiger partial charge in [-0.05, 0) is 24.8 Å². The van der Waals surface area contributed by atoms with Gasteiger partial charge in [-0.2, -0.15) is 0 Å². The number of urea groups is 1. The number of carboxylic acids is 1. The van der Waals surface area contributed by atoms with Crippen molar-refractivity contribution in [3.8, 4) is 0 Å². The molecule has 0 saturated carbocycles. The van der Waals surface area contributed by atoms with Crippen LogP contribution in [0.1, 0.15) is 37.8 Å². The fourth-order valence-corrected chi connectivity index (χ4v) is 2.98. The Kier molecular flexibility index (Phi) is 7.09. The van der Waals surface area contributed by atoms with Crippen LogP contribution in [0.4, 0.5) is 13.6 Å². The van der Waals surface area contributed by atoms with Gasteiger partial charge in [0.2, 0.25) is 0 Å². The summed E-state index contributed by atoms with van der Waals surface area (Å²) in [6, 6.07) is 1.16. The molecular weight excluding hydrogens is 362 g/mol. The number of carbonyl (C=O) groups excluding carboxylic acids is 2. The molecule has 7 nitrogen and oxygen atoms in total. The number of halogens is 2. The van der Waals surface area contributed by atoms with Crippen LogP contribution >= 0.6 is 0 Å².